The standard InChI is InChI=1S/C18H22N2O/c1-13-8-9-15(10-14(13)2)11-16(12-19)18(21)20-17-6-4-3-5-7-17/h8-11,17H,3-7H2,1-2H3,(H,20,21)/b16-11-. The van der Waals surface area contributed by atoms with E-state index in [2.05, 4.69) is 5.32 Å². The van der Waals surface area contributed by atoms with Crippen LogP contribution in [0.4, 0.5) is 0 Å². The number of carbonyl (C=O) groups excluding carboxylic acids is 1. The largest absolute Gasteiger partial charge is 0.349 e. The first-order valence-corrected chi connectivity index (χ1v) is 7.60. The number of hydrogen-bond donors (Lipinski definition) is 1. The van der Waals surface area contributed by atoms with Gasteiger partial charge in [0.1, 0.15) is 11.6 Å². The summed E-state index contributed by atoms with van der Waals surface area (Å²) >= 11 is 0. The van der Waals surface area contributed by atoms with Gasteiger partial charge in [0, 0.05) is 6.04 Å². The molecule has 0 heterocycles. The summed E-state index contributed by atoms with van der Waals surface area (Å²) in [5, 5.41) is 12.2. The van der Waals surface area contributed by atoms with E-state index < -0.39 is 0 Å². The van der Waals surface area contributed by atoms with E-state index in [-0.39, 0.29) is 17.5 Å². The predicted molar refractivity (Wildman–Crippen MR) is 84.5 cm³/mol. The molecule has 21 heavy (non-hydrogen) atoms. The Morgan fingerprint density at radius 2 is 1.95 bits per heavy atom. The first-order valence-electron chi connectivity index (χ1n) is 7.60. The van der Waals surface area contributed by atoms with Gasteiger partial charge in [-0.25, -0.2) is 0 Å². The number of aryl methyl sites for hydroxylation is 2. The van der Waals surface area contributed by atoms with Gasteiger partial charge in [0.25, 0.3) is 5.91 Å². The van der Waals surface area contributed by atoms with E-state index in [1.165, 1.54) is 12.0 Å². The van der Waals surface area contributed by atoms with Crippen molar-refractivity contribution in [2.45, 2.75) is 52.0 Å². The minimum atomic E-state index is -0.248. The molecule has 1 aliphatic rings. The Bertz CT molecular complexity index is 590. The third-order valence-corrected chi connectivity index (χ3v) is 4.15. The first kappa shape index (κ1) is 15.3. The lowest BCUT2D eigenvalue weighted by molar-refractivity contribution is -0.117. The van der Waals surface area contributed by atoms with E-state index >= 15 is 0 Å². The molecule has 1 aromatic carbocycles. The molecule has 1 amide bonds. The summed E-state index contributed by atoms with van der Waals surface area (Å²) in [6.45, 7) is 4.07. The predicted octanol–water partition coefficient (Wildman–Crippen LogP) is 3.66. The third-order valence-electron chi connectivity index (χ3n) is 4.15. The van der Waals surface area contributed by atoms with Crippen LogP contribution >= 0.6 is 0 Å². The number of hydrogen-bond acceptors (Lipinski definition) is 2. The second-order valence-electron chi connectivity index (χ2n) is 5.82. The molecule has 0 atom stereocenters. The molecule has 3 nitrogen and oxygen atoms in total. The zero-order chi connectivity index (χ0) is 15.2. The number of nitrogens with one attached hydrogen (secondary N) is 1. The quantitative estimate of drug-likeness (QED) is 0.679. The molecule has 2 rings (SSSR count). The van der Waals surface area contributed by atoms with Crippen LogP contribution < -0.4 is 5.32 Å². The molecular weight excluding hydrogens is 260 g/mol. The lowest BCUT2D eigenvalue weighted by atomic mass is 9.95. The topological polar surface area (TPSA) is 52.9 Å². The van der Waals surface area contributed by atoms with Crippen LogP contribution in [0, 0.1) is 25.2 Å². The Hall–Kier alpha value is -2.08. The number of rotatable bonds is 3. The molecule has 0 spiro atoms. The van der Waals surface area contributed by atoms with E-state index in [1.807, 2.05) is 38.1 Å². The lowest BCUT2D eigenvalue weighted by Crippen LogP contribution is -2.36. The summed E-state index contributed by atoms with van der Waals surface area (Å²) in [4.78, 5) is 12.2. The molecule has 0 unspecified atom stereocenters. The molecule has 0 bridgehead atoms. The van der Waals surface area contributed by atoms with Gasteiger partial charge < -0.3 is 5.32 Å². The average molecular weight is 282 g/mol. The van der Waals surface area contributed by atoms with Crippen molar-refractivity contribution < 1.29 is 4.79 Å². The van der Waals surface area contributed by atoms with Gasteiger partial charge in [-0.2, -0.15) is 5.26 Å². The van der Waals surface area contributed by atoms with E-state index in [0.717, 1.165) is 36.8 Å². The fraction of sp³-hybridized carbons (Fsp3) is 0.444. The first-order chi connectivity index (χ1) is 10.1. The van der Waals surface area contributed by atoms with Crippen molar-refractivity contribution in [1.29, 1.82) is 5.26 Å². The number of carbonyl (C=O) groups is 1. The third kappa shape index (κ3) is 4.19. The van der Waals surface area contributed by atoms with Crippen LogP contribution in [0.5, 0.6) is 0 Å². The Kier molecular flexibility index (Phi) is 5.16. The fourth-order valence-corrected chi connectivity index (χ4v) is 2.68. The zero-order valence-corrected chi connectivity index (χ0v) is 12.8. The van der Waals surface area contributed by atoms with Crippen LogP contribution in [-0.4, -0.2) is 11.9 Å². The van der Waals surface area contributed by atoms with E-state index in [0.29, 0.717) is 0 Å². The Labute approximate surface area is 126 Å². The highest BCUT2D eigenvalue weighted by Gasteiger charge is 2.18. The summed E-state index contributed by atoms with van der Waals surface area (Å²) in [6, 6.07) is 8.20. The number of nitriles is 1. The van der Waals surface area contributed by atoms with Gasteiger partial charge in [0.15, 0.2) is 0 Å². The van der Waals surface area contributed by atoms with Crippen LogP contribution in [-0.2, 0) is 4.79 Å². The fourth-order valence-electron chi connectivity index (χ4n) is 2.68. The lowest BCUT2D eigenvalue weighted by Gasteiger charge is -2.22. The highest BCUT2D eigenvalue weighted by molar-refractivity contribution is 6.01. The van der Waals surface area contributed by atoms with Crippen molar-refractivity contribution in [2.24, 2.45) is 0 Å². The summed E-state index contributed by atoms with van der Waals surface area (Å²) in [7, 11) is 0. The number of benzene rings is 1. The summed E-state index contributed by atoms with van der Waals surface area (Å²) in [5.74, 6) is -0.248. The SMILES string of the molecule is Cc1ccc(/C=C(/C#N)C(=O)NC2CCCCC2)cc1C. The van der Waals surface area contributed by atoms with Gasteiger partial charge in [-0.1, -0.05) is 37.5 Å². The highest BCUT2D eigenvalue weighted by atomic mass is 16.1. The molecule has 3 heteroatoms. The minimum Gasteiger partial charge on any atom is -0.349 e. The van der Waals surface area contributed by atoms with Crippen LogP contribution in [0.2, 0.25) is 0 Å². The summed E-state index contributed by atoms with van der Waals surface area (Å²) in [5.41, 5.74) is 3.45. The van der Waals surface area contributed by atoms with E-state index in [1.54, 1.807) is 6.08 Å². The summed E-state index contributed by atoms with van der Waals surface area (Å²) in [6.07, 6.45) is 7.28. The molecule has 0 aliphatic heterocycles. The monoisotopic (exact) mass is 282 g/mol. The molecule has 1 fully saturated rings. The molecular formula is C18H22N2O. The maximum Gasteiger partial charge on any atom is 0.262 e. The molecule has 110 valence electrons. The van der Waals surface area contributed by atoms with Crippen LogP contribution in [0.1, 0.15) is 48.8 Å². The average Bonchev–Trinajstić information content (AvgIpc) is 2.49. The smallest absolute Gasteiger partial charge is 0.262 e. The molecule has 0 radical (unpaired) electrons. The minimum absolute atomic E-state index is 0.184. The van der Waals surface area contributed by atoms with Crippen molar-refractivity contribution >= 4 is 12.0 Å². The Balaban J connectivity index is 2.10. The van der Waals surface area contributed by atoms with Gasteiger partial charge in [-0.05, 0) is 49.5 Å². The van der Waals surface area contributed by atoms with Crippen LogP contribution in [0.3, 0.4) is 0 Å². The van der Waals surface area contributed by atoms with Gasteiger partial charge in [0.05, 0.1) is 0 Å². The second kappa shape index (κ2) is 7.08. The second-order valence-corrected chi connectivity index (χ2v) is 5.82. The van der Waals surface area contributed by atoms with Crippen molar-refractivity contribution in [1.82, 2.24) is 5.32 Å². The number of nitrogens with zero attached hydrogens (tertiary/aromatic N) is 1. The van der Waals surface area contributed by atoms with Crippen molar-refractivity contribution in [2.75, 3.05) is 0 Å². The molecule has 1 aromatic rings. The van der Waals surface area contributed by atoms with Crippen molar-refractivity contribution in [3.63, 3.8) is 0 Å². The Morgan fingerprint density at radius 1 is 1.24 bits per heavy atom. The molecule has 1 saturated carbocycles. The molecule has 1 aliphatic carbocycles. The van der Waals surface area contributed by atoms with E-state index in [4.69, 9.17) is 0 Å². The van der Waals surface area contributed by atoms with Crippen molar-refractivity contribution in [3.8, 4) is 6.07 Å². The van der Waals surface area contributed by atoms with Gasteiger partial charge in [-0.3, -0.25) is 4.79 Å². The maximum absolute atomic E-state index is 12.2. The molecule has 0 saturated heterocycles. The zero-order valence-electron chi connectivity index (χ0n) is 12.8. The normalized spacial score (nSPS) is 16.3. The van der Waals surface area contributed by atoms with Crippen LogP contribution in [0.15, 0.2) is 23.8 Å². The molecule has 0 aromatic heterocycles. The molecule has 1 N–H and O–H groups in total. The summed E-state index contributed by atoms with van der Waals surface area (Å²) < 4.78 is 0. The number of amides is 1. The van der Waals surface area contributed by atoms with E-state index in [9.17, 15) is 10.1 Å². The van der Waals surface area contributed by atoms with Gasteiger partial charge >= 0.3 is 0 Å². The Morgan fingerprint density at radius 3 is 2.57 bits per heavy atom. The van der Waals surface area contributed by atoms with Gasteiger partial charge in [0.2, 0.25) is 0 Å². The highest BCUT2D eigenvalue weighted by Crippen LogP contribution is 2.18. The van der Waals surface area contributed by atoms with Crippen molar-refractivity contribution in [3.05, 3.63) is 40.5 Å². The van der Waals surface area contributed by atoms with Crippen LogP contribution in [0.25, 0.3) is 6.08 Å². The van der Waals surface area contributed by atoms with Gasteiger partial charge in [-0.15, -0.1) is 0 Å². The maximum atomic E-state index is 12.2.